The molecule has 1 N–H and O–H groups in total. The number of nitrogens with one attached hydrogen (secondary N) is 1. The number of urea groups is 1. The third kappa shape index (κ3) is 3.71. The van der Waals surface area contributed by atoms with E-state index in [4.69, 9.17) is 9.47 Å². The van der Waals surface area contributed by atoms with E-state index in [0.717, 1.165) is 21.6 Å². The van der Waals surface area contributed by atoms with Crippen molar-refractivity contribution >= 4 is 29.6 Å². The Morgan fingerprint density at radius 3 is 2.17 bits per heavy atom. The van der Waals surface area contributed by atoms with E-state index in [1.807, 2.05) is 32.9 Å². The minimum absolute atomic E-state index is 0.171. The van der Waals surface area contributed by atoms with E-state index in [0.29, 0.717) is 22.7 Å². The maximum atomic E-state index is 13.2. The molecule has 1 aliphatic rings. The molecule has 1 aliphatic heterocycles. The standard InChI is InChI=1S/C22H22N2O5/c1-12-8-13(2)19(14(3)9-12)24-21(26)17(20(25)23-22(24)27)11-15-10-16(28-4)6-7-18(15)29-5/h6-11H,1-5H3,(H,23,25,27)/b17-11+. The number of barbiturate groups is 1. The fraction of sp³-hybridized carbons (Fsp3) is 0.227. The van der Waals surface area contributed by atoms with Crippen molar-refractivity contribution in [2.45, 2.75) is 20.8 Å². The number of anilines is 1. The first-order chi connectivity index (χ1) is 13.8. The van der Waals surface area contributed by atoms with Crippen LogP contribution in [0.5, 0.6) is 11.5 Å². The molecule has 2 aromatic rings. The van der Waals surface area contributed by atoms with Crippen molar-refractivity contribution in [3.8, 4) is 11.5 Å². The van der Waals surface area contributed by atoms with Gasteiger partial charge in [-0.3, -0.25) is 14.9 Å². The van der Waals surface area contributed by atoms with Gasteiger partial charge < -0.3 is 9.47 Å². The first-order valence-electron chi connectivity index (χ1n) is 8.98. The number of nitrogens with zero attached hydrogens (tertiary/aromatic N) is 1. The number of imide groups is 2. The summed E-state index contributed by atoms with van der Waals surface area (Å²) in [6.45, 7) is 5.58. The Bertz CT molecular complexity index is 1030. The van der Waals surface area contributed by atoms with Crippen LogP contribution in [0.15, 0.2) is 35.9 Å². The Labute approximate surface area is 168 Å². The Morgan fingerprint density at radius 2 is 1.59 bits per heavy atom. The predicted molar refractivity (Wildman–Crippen MR) is 109 cm³/mol. The van der Waals surface area contributed by atoms with Crippen LogP contribution in [0.3, 0.4) is 0 Å². The van der Waals surface area contributed by atoms with Gasteiger partial charge in [-0.05, 0) is 56.2 Å². The molecule has 0 atom stereocenters. The maximum Gasteiger partial charge on any atom is 0.335 e. The summed E-state index contributed by atoms with van der Waals surface area (Å²) in [6, 6.07) is 8.02. The van der Waals surface area contributed by atoms with Gasteiger partial charge in [0.05, 0.1) is 19.9 Å². The molecule has 0 spiro atoms. The molecule has 0 aromatic heterocycles. The second-order valence-electron chi connectivity index (χ2n) is 6.81. The van der Waals surface area contributed by atoms with Crippen molar-refractivity contribution in [3.05, 3.63) is 58.2 Å². The number of ether oxygens (including phenoxy) is 2. The lowest BCUT2D eigenvalue weighted by Gasteiger charge is -2.29. The highest BCUT2D eigenvalue weighted by Crippen LogP contribution is 2.31. The molecule has 4 amide bonds. The fourth-order valence-corrected chi connectivity index (χ4v) is 3.49. The van der Waals surface area contributed by atoms with Gasteiger partial charge in [0.2, 0.25) is 0 Å². The lowest BCUT2D eigenvalue weighted by molar-refractivity contribution is -0.122. The summed E-state index contributed by atoms with van der Waals surface area (Å²) in [6.07, 6.45) is 1.40. The summed E-state index contributed by atoms with van der Waals surface area (Å²) >= 11 is 0. The minimum Gasteiger partial charge on any atom is -0.497 e. The number of carbonyl (C=O) groups is 3. The van der Waals surface area contributed by atoms with Crippen LogP contribution in [0.1, 0.15) is 22.3 Å². The highest BCUT2D eigenvalue weighted by molar-refractivity contribution is 6.39. The molecule has 29 heavy (non-hydrogen) atoms. The zero-order valence-electron chi connectivity index (χ0n) is 17.0. The van der Waals surface area contributed by atoms with E-state index >= 15 is 0 Å². The van der Waals surface area contributed by atoms with Crippen molar-refractivity contribution in [2.75, 3.05) is 19.1 Å². The highest BCUT2D eigenvalue weighted by atomic mass is 16.5. The highest BCUT2D eigenvalue weighted by Gasteiger charge is 2.38. The summed E-state index contributed by atoms with van der Waals surface area (Å²) in [5.74, 6) is -0.452. The molecule has 1 fully saturated rings. The average molecular weight is 394 g/mol. The first-order valence-corrected chi connectivity index (χ1v) is 8.98. The second-order valence-corrected chi connectivity index (χ2v) is 6.81. The molecule has 7 heteroatoms. The number of amides is 4. The van der Waals surface area contributed by atoms with Crippen molar-refractivity contribution in [3.63, 3.8) is 0 Å². The van der Waals surface area contributed by atoms with Crippen LogP contribution < -0.4 is 19.7 Å². The molecule has 0 aliphatic carbocycles. The second kappa shape index (κ2) is 7.79. The Hall–Kier alpha value is -3.61. The summed E-state index contributed by atoms with van der Waals surface area (Å²) in [4.78, 5) is 39.2. The summed E-state index contributed by atoms with van der Waals surface area (Å²) in [5, 5.41) is 2.25. The number of methoxy groups -OCH3 is 2. The molecule has 2 aromatic carbocycles. The fourth-order valence-electron chi connectivity index (χ4n) is 3.49. The van der Waals surface area contributed by atoms with Crippen LogP contribution in [-0.4, -0.2) is 32.1 Å². The van der Waals surface area contributed by atoms with E-state index in [1.165, 1.54) is 20.3 Å². The molecule has 0 radical (unpaired) electrons. The van der Waals surface area contributed by atoms with Crippen molar-refractivity contribution in [1.29, 1.82) is 0 Å². The van der Waals surface area contributed by atoms with Crippen LogP contribution in [-0.2, 0) is 9.59 Å². The lowest BCUT2D eigenvalue weighted by atomic mass is 10.0. The maximum absolute atomic E-state index is 13.2. The topological polar surface area (TPSA) is 84.9 Å². The monoisotopic (exact) mass is 394 g/mol. The Balaban J connectivity index is 2.13. The lowest BCUT2D eigenvalue weighted by Crippen LogP contribution is -2.54. The smallest absolute Gasteiger partial charge is 0.335 e. The van der Waals surface area contributed by atoms with E-state index in [1.54, 1.807) is 18.2 Å². The molecule has 3 rings (SSSR count). The van der Waals surface area contributed by atoms with Gasteiger partial charge in [0.25, 0.3) is 11.8 Å². The zero-order chi connectivity index (χ0) is 21.3. The van der Waals surface area contributed by atoms with E-state index < -0.39 is 17.8 Å². The van der Waals surface area contributed by atoms with Gasteiger partial charge in [-0.1, -0.05) is 17.7 Å². The molecule has 0 bridgehead atoms. The van der Waals surface area contributed by atoms with Crippen molar-refractivity contribution < 1.29 is 23.9 Å². The molecule has 1 heterocycles. The van der Waals surface area contributed by atoms with Crippen LogP contribution in [0, 0.1) is 20.8 Å². The Morgan fingerprint density at radius 1 is 0.931 bits per heavy atom. The summed E-state index contributed by atoms with van der Waals surface area (Å²) < 4.78 is 10.5. The van der Waals surface area contributed by atoms with Gasteiger partial charge in [0, 0.05) is 5.56 Å². The van der Waals surface area contributed by atoms with Crippen molar-refractivity contribution in [2.24, 2.45) is 0 Å². The summed E-state index contributed by atoms with van der Waals surface area (Å²) in [7, 11) is 3.00. The SMILES string of the molecule is COc1ccc(OC)c(/C=C2\C(=O)NC(=O)N(c3c(C)cc(C)cc3C)C2=O)c1. The largest absolute Gasteiger partial charge is 0.497 e. The van der Waals surface area contributed by atoms with E-state index in [9.17, 15) is 14.4 Å². The Kier molecular flexibility index (Phi) is 5.41. The number of hydrogen-bond donors (Lipinski definition) is 1. The molecule has 0 unspecified atom stereocenters. The number of carbonyl (C=O) groups excluding carboxylic acids is 3. The van der Waals surface area contributed by atoms with Gasteiger partial charge in [-0.2, -0.15) is 0 Å². The van der Waals surface area contributed by atoms with Crippen LogP contribution in [0.25, 0.3) is 6.08 Å². The summed E-state index contributed by atoms with van der Waals surface area (Å²) in [5.41, 5.74) is 3.32. The zero-order valence-corrected chi connectivity index (χ0v) is 17.0. The molecule has 1 saturated heterocycles. The molecule has 150 valence electrons. The predicted octanol–water partition coefficient (Wildman–Crippen LogP) is 3.30. The van der Waals surface area contributed by atoms with Crippen LogP contribution >= 0.6 is 0 Å². The first kappa shape index (κ1) is 20.1. The number of aryl methyl sites for hydroxylation is 3. The van der Waals surface area contributed by atoms with E-state index in [-0.39, 0.29) is 5.57 Å². The quantitative estimate of drug-likeness (QED) is 0.635. The number of rotatable bonds is 4. The molecule has 7 nitrogen and oxygen atoms in total. The van der Waals surface area contributed by atoms with Gasteiger partial charge in [0.15, 0.2) is 0 Å². The van der Waals surface area contributed by atoms with E-state index in [2.05, 4.69) is 5.32 Å². The molecular formula is C22H22N2O5. The average Bonchev–Trinajstić information content (AvgIpc) is 2.66. The molecule has 0 saturated carbocycles. The number of hydrogen-bond acceptors (Lipinski definition) is 5. The van der Waals surface area contributed by atoms with Gasteiger partial charge >= 0.3 is 6.03 Å². The molecular weight excluding hydrogens is 372 g/mol. The van der Waals surface area contributed by atoms with Crippen LogP contribution in [0.4, 0.5) is 10.5 Å². The van der Waals surface area contributed by atoms with Gasteiger partial charge in [0.1, 0.15) is 17.1 Å². The minimum atomic E-state index is -0.773. The third-order valence-corrected chi connectivity index (χ3v) is 4.70. The third-order valence-electron chi connectivity index (χ3n) is 4.70. The number of benzene rings is 2. The van der Waals surface area contributed by atoms with Gasteiger partial charge in [-0.15, -0.1) is 0 Å². The van der Waals surface area contributed by atoms with Gasteiger partial charge in [-0.25, -0.2) is 9.69 Å². The van der Waals surface area contributed by atoms with Crippen molar-refractivity contribution in [1.82, 2.24) is 5.32 Å². The normalized spacial score (nSPS) is 15.6. The van der Waals surface area contributed by atoms with Crippen LogP contribution in [0.2, 0.25) is 0 Å².